The minimum absolute atomic E-state index is 0.140. The largest absolute Gasteiger partial charge is 0.388 e. The Morgan fingerprint density at radius 1 is 1.19 bits per heavy atom. The monoisotopic (exact) mass is 454 g/mol. The van der Waals surface area contributed by atoms with Crippen molar-refractivity contribution in [2.45, 2.75) is 51.7 Å². The van der Waals surface area contributed by atoms with Gasteiger partial charge in [0.25, 0.3) is 5.56 Å². The maximum atomic E-state index is 13.2. The van der Waals surface area contributed by atoms with Crippen molar-refractivity contribution in [3.63, 3.8) is 0 Å². The molecule has 1 amide bonds. The number of aryl methyl sites for hydroxylation is 1. The smallest absolute Gasteiger partial charge is 0.262 e. The number of aromatic nitrogens is 3. The first-order valence-corrected chi connectivity index (χ1v) is 11.4. The Morgan fingerprint density at radius 3 is 2.56 bits per heavy atom. The number of carbonyl (C=O) groups excluding carboxylic acids is 1. The highest BCUT2D eigenvalue weighted by Crippen LogP contribution is 2.47. The molecule has 1 aromatic carbocycles. The summed E-state index contributed by atoms with van der Waals surface area (Å²) in [6, 6.07) is 9.47. The van der Waals surface area contributed by atoms with E-state index in [0.29, 0.717) is 42.1 Å². The highest BCUT2D eigenvalue weighted by molar-refractivity contribution is 6.31. The van der Waals surface area contributed by atoms with Crippen molar-refractivity contribution < 1.29 is 9.90 Å². The summed E-state index contributed by atoms with van der Waals surface area (Å²) in [6.45, 7) is 5.15. The molecule has 2 fully saturated rings. The van der Waals surface area contributed by atoms with E-state index < -0.39 is 5.60 Å². The van der Waals surface area contributed by atoms with E-state index in [1.165, 1.54) is 10.9 Å². The van der Waals surface area contributed by atoms with E-state index in [1.54, 1.807) is 10.6 Å². The van der Waals surface area contributed by atoms with Crippen LogP contribution in [0.3, 0.4) is 0 Å². The van der Waals surface area contributed by atoms with Crippen molar-refractivity contribution >= 4 is 28.5 Å². The number of aliphatic hydroxyl groups is 1. The predicted molar refractivity (Wildman–Crippen MR) is 123 cm³/mol. The number of halogens is 1. The summed E-state index contributed by atoms with van der Waals surface area (Å²) >= 11 is 6.47. The van der Waals surface area contributed by atoms with Crippen molar-refractivity contribution in [1.82, 2.24) is 19.0 Å². The Labute approximate surface area is 191 Å². The predicted octanol–water partition coefficient (Wildman–Crippen LogP) is 3.30. The van der Waals surface area contributed by atoms with Crippen molar-refractivity contribution in [2.75, 3.05) is 13.1 Å². The molecule has 1 saturated heterocycles. The van der Waals surface area contributed by atoms with Crippen molar-refractivity contribution in [1.29, 1.82) is 0 Å². The van der Waals surface area contributed by atoms with Gasteiger partial charge in [-0.2, -0.15) is 0 Å². The second-order valence-electron chi connectivity index (χ2n) is 9.63. The molecular formula is C24H27ClN4O3. The molecule has 2 aliphatic rings. The zero-order valence-corrected chi connectivity index (χ0v) is 19.1. The van der Waals surface area contributed by atoms with Crippen molar-refractivity contribution in [3.8, 4) is 5.69 Å². The third kappa shape index (κ3) is 3.63. The van der Waals surface area contributed by atoms with Gasteiger partial charge in [-0.05, 0) is 56.4 Å². The topological polar surface area (TPSA) is 80.4 Å². The number of carbonyl (C=O) groups is 1. The van der Waals surface area contributed by atoms with Gasteiger partial charge in [0.15, 0.2) is 5.65 Å². The fourth-order valence-corrected chi connectivity index (χ4v) is 4.88. The third-order valence-corrected chi connectivity index (χ3v) is 7.24. The number of nitrogens with zero attached hydrogens (tertiary/aromatic N) is 4. The molecule has 5 rings (SSSR count). The summed E-state index contributed by atoms with van der Waals surface area (Å²) in [4.78, 5) is 32.2. The van der Waals surface area contributed by atoms with Gasteiger partial charge in [0.2, 0.25) is 5.91 Å². The molecule has 0 bridgehead atoms. The van der Waals surface area contributed by atoms with E-state index in [4.69, 9.17) is 11.6 Å². The maximum Gasteiger partial charge on any atom is 0.262 e. The van der Waals surface area contributed by atoms with E-state index >= 15 is 0 Å². The van der Waals surface area contributed by atoms with Crippen LogP contribution >= 0.6 is 11.6 Å². The zero-order valence-electron chi connectivity index (χ0n) is 18.3. The molecule has 1 aliphatic carbocycles. The van der Waals surface area contributed by atoms with Gasteiger partial charge in [0.1, 0.15) is 11.5 Å². The molecule has 1 saturated carbocycles. The third-order valence-electron chi connectivity index (χ3n) is 6.96. The van der Waals surface area contributed by atoms with Crippen LogP contribution in [0, 0.1) is 12.3 Å². The number of hydrogen-bond donors (Lipinski definition) is 1. The molecule has 0 spiro atoms. The summed E-state index contributed by atoms with van der Waals surface area (Å²) < 4.78 is 3.21. The summed E-state index contributed by atoms with van der Waals surface area (Å²) in [6.07, 6.45) is 4.24. The van der Waals surface area contributed by atoms with Crippen LogP contribution in [0.2, 0.25) is 5.15 Å². The first-order chi connectivity index (χ1) is 15.2. The molecule has 8 heteroatoms. The van der Waals surface area contributed by atoms with Gasteiger partial charge in [-0.25, -0.2) is 4.98 Å². The Kier molecular flexibility index (Phi) is 4.94. The Hall–Kier alpha value is -2.64. The minimum Gasteiger partial charge on any atom is -0.388 e. The van der Waals surface area contributed by atoms with Gasteiger partial charge >= 0.3 is 0 Å². The number of amides is 1. The van der Waals surface area contributed by atoms with Crippen LogP contribution in [0.1, 0.15) is 38.2 Å². The maximum absolute atomic E-state index is 13.2. The quantitative estimate of drug-likeness (QED) is 0.655. The summed E-state index contributed by atoms with van der Waals surface area (Å²) in [7, 11) is 0. The SMILES string of the molecule is Cc1cccc(-n2c(Cl)cc3c(=O)n(CC4(O)CCN(C(=O)C5(C)CC5)CC4)cnc32)c1. The van der Waals surface area contributed by atoms with Gasteiger partial charge in [-0.15, -0.1) is 0 Å². The van der Waals surface area contributed by atoms with Crippen molar-refractivity contribution in [3.05, 3.63) is 57.7 Å². The second-order valence-corrected chi connectivity index (χ2v) is 10.0. The van der Waals surface area contributed by atoms with E-state index in [1.807, 2.05) is 43.0 Å². The molecule has 7 nitrogen and oxygen atoms in total. The lowest BCUT2D eigenvalue weighted by Crippen LogP contribution is -2.51. The van der Waals surface area contributed by atoms with Gasteiger partial charge in [-0.1, -0.05) is 30.7 Å². The van der Waals surface area contributed by atoms with Crippen LogP contribution in [0.5, 0.6) is 0 Å². The molecule has 0 unspecified atom stereocenters. The standard InChI is InChI=1S/C24H27ClN4O3/c1-16-4-3-5-17(12-16)29-19(25)13-18-20(29)26-15-28(21(18)30)14-24(32)8-10-27(11-9-24)22(31)23(2)6-7-23/h3-5,12-13,15,32H,6-11,14H2,1-2H3. The van der Waals surface area contributed by atoms with Gasteiger partial charge in [0, 0.05) is 24.2 Å². The Morgan fingerprint density at radius 2 is 1.91 bits per heavy atom. The number of benzene rings is 1. The number of rotatable bonds is 4. The summed E-state index contributed by atoms with van der Waals surface area (Å²) in [5.41, 5.74) is 0.924. The number of hydrogen-bond acceptors (Lipinski definition) is 4. The number of fused-ring (bicyclic) bond motifs is 1. The highest BCUT2D eigenvalue weighted by Gasteiger charge is 2.48. The van der Waals surface area contributed by atoms with Gasteiger partial charge in [-0.3, -0.25) is 18.7 Å². The molecule has 32 heavy (non-hydrogen) atoms. The minimum atomic E-state index is -1.05. The summed E-state index contributed by atoms with van der Waals surface area (Å²) in [5.74, 6) is 0.187. The Balaban J connectivity index is 1.39. The number of piperidine rings is 1. The van der Waals surface area contributed by atoms with Crippen LogP contribution in [-0.4, -0.2) is 48.7 Å². The van der Waals surface area contributed by atoms with Crippen LogP contribution in [-0.2, 0) is 11.3 Å². The number of likely N-dealkylation sites (tertiary alicyclic amines) is 1. The van der Waals surface area contributed by atoms with E-state index in [9.17, 15) is 14.7 Å². The molecular weight excluding hydrogens is 428 g/mol. The van der Waals surface area contributed by atoms with Crippen molar-refractivity contribution in [2.24, 2.45) is 5.41 Å². The molecule has 0 atom stereocenters. The molecule has 0 radical (unpaired) electrons. The van der Waals surface area contributed by atoms with Crippen LogP contribution in [0.4, 0.5) is 0 Å². The molecule has 1 aliphatic heterocycles. The fourth-order valence-electron chi connectivity index (χ4n) is 4.60. The van der Waals surface area contributed by atoms with E-state index in [0.717, 1.165) is 24.1 Å². The molecule has 1 N–H and O–H groups in total. The summed E-state index contributed by atoms with van der Waals surface area (Å²) in [5, 5.41) is 12.0. The lowest BCUT2D eigenvalue weighted by atomic mass is 9.90. The fraction of sp³-hybridized carbons (Fsp3) is 0.458. The zero-order chi connectivity index (χ0) is 22.7. The van der Waals surface area contributed by atoms with Crippen LogP contribution in [0.25, 0.3) is 16.7 Å². The normalized spacial score (nSPS) is 19.3. The molecule has 3 aromatic rings. The average Bonchev–Trinajstić information content (AvgIpc) is 3.42. The molecule has 2 aromatic heterocycles. The first kappa shape index (κ1) is 21.2. The van der Waals surface area contributed by atoms with Crippen LogP contribution < -0.4 is 5.56 Å². The van der Waals surface area contributed by atoms with Gasteiger partial charge < -0.3 is 10.0 Å². The first-order valence-electron chi connectivity index (χ1n) is 11.0. The van der Waals surface area contributed by atoms with E-state index in [-0.39, 0.29) is 23.4 Å². The average molecular weight is 455 g/mol. The lowest BCUT2D eigenvalue weighted by molar-refractivity contribution is -0.141. The molecule has 3 heterocycles. The molecule has 168 valence electrons. The van der Waals surface area contributed by atoms with Gasteiger partial charge in [0.05, 0.1) is 17.5 Å². The van der Waals surface area contributed by atoms with E-state index in [2.05, 4.69) is 4.98 Å². The highest BCUT2D eigenvalue weighted by atomic mass is 35.5. The van der Waals surface area contributed by atoms with Crippen LogP contribution in [0.15, 0.2) is 41.5 Å². The second kappa shape index (κ2) is 7.46. The Bertz CT molecular complexity index is 1270. The lowest BCUT2D eigenvalue weighted by Gasteiger charge is -2.39.